The number of halogens is 2. The predicted molar refractivity (Wildman–Crippen MR) is 122 cm³/mol. The third-order valence-corrected chi connectivity index (χ3v) is 6.71. The molecule has 0 N–H and O–H groups in total. The highest BCUT2D eigenvalue weighted by atomic mass is 35.5. The van der Waals surface area contributed by atoms with E-state index in [0.717, 1.165) is 11.1 Å². The molecule has 1 aromatic carbocycles. The molecule has 1 unspecified atom stereocenters. The summed E-state index contributed by atoms with van der Waals surface area (Å²) in [7, 11) is 3.03. The molecule has 0 spiro atoms. The van der Waals surface area contributed by atoms with Crippen LogP contribution >= 0.6 is 35.0 Å². The van der Waals surface area contributed by atoms with E-state index in [0.29, 0.717) is 27.3 Å². The molecule has 0 radical (unpaired) electrons. The molecule has 3 heterocycles. The summed E-state index contributed by atoms with van der Waals surface area (Å²) in [5, 5.41) is 5.36. The molecule has 3 aromatic rings. The minimum absolute atomic E-state index is 0.150. The number of nitrogens with zero attached hydrogens (tertiary/aromatic N) is 4. The van der Waals surface area contributed by atoms with Crippen LogP contribution in [0, 0.1) is 0 Å². The van der Waals surface area contributed by atoms with E-state index in [9.17, 15) is 9.59 Å². The van der Waals surface area contributed by atoms with Crippen LogP contribution in [0.1, 0.15) is 16.4 Å². The normalized spacial score (nSPS) is 16.1. The van der Waals surface area contributed by atoms with Crippen molar-refractivity contribution in [2.45, 2.75) is 5.25 Å². The number of methoxy groups -OCH3 is 1. The maximum atomic E-state index is 13.0. The molecule has 0 saturated heterocycles. The number of anilines is 1. The van der Waals surface area contributed by atoms with Gasteiger partial charge in [-0.1, -0.05) is 35.3 Å². The number of rotatable bonds is 4. The summed E-state index contributed by atoms with van der Waals surface area (Å²) in [6.45, 7) is -0.217. The molecule has 160 valence electrons. The molecule has 4 rings (SSSR count). The molecule has 0 bridgehead atoms. The summed E-state index contributed by atoms with van der Waals surface area (Å²) in [5.74, 6) is -0.0820. The van der Waals surface area contributed by atoms with E-state index < -0.39 is 5.97 Å². The summed E-state index contributed by atoms with van der Waals surface area (Å²) in [6.07, 6.45) is 1.68. The first-order valence-corrected chi connectivity index (χ1v) is 11.1. The molecule has 31 heavy (non-hydrogen) atoms. The average molecular weight is 477 g/mol. The van der Waals surface area contributed by atoms with Crippen molar-refractivity contribution in [3.63, 3.8) is 0 Å². The number of aromatic nitrogens is 3. The fraction of sp³-hybridized carbons (Fsp3) is 0.238. The Balaban J connectivity index is 1.97. The molecule has 1 amide bonds. The van der Waals surface area contributed by atoms with Gasteiger partial charge in [-0.15, -0.1) is 11.8 Å². The van der Waals surface area contributed by atoms with Crippen molar-refractivity contribution in [1.29, 1.82) is 0 Å². The lowest BCUT2D eigenvalue weighted by Gasteiger charge is -2.21. The van der Waals surface area contributed by atoms with E-state index in [1.54, 1.807) is 30.1 Å². The zero-order chi connectivity index (χ0) is 22.1. The number of carbonyl (C=O) groups excluding carboxylic acids is 2. The molecule has 7 nitrogen and oxygen atoms in total. The van der Waals surface area contributed by atoms with Gasteiger partial charge in [-0.25, -0.2) is 0 Å². The Labute approximate surface area is 193 Å². The Bertz CT molecular complexity index is 1150. The largest absolute Gasteiger partial charge is 0.468 e. The molecule has 0 saturated carbocycles. The number of esters is 1. The number of hydrogen-bond donors (Lipinski definition) is 0. The van der Waals surface area contributed by atoms with Crippen molar-refractivity contribution in [2.75, 3.05) is 24.3 Å². The van der Waals surface area contributed by atoms with Gasteiger partial charge in [-0.2, -0.15) is 5.10 Å². The summed E-state index contributed by atoms with van der Waals surface area (Å²) >= 11 is 14.1. The van der Waals surface area contributed by atoms with Crippen LogP contribution in [0.4, 0.5) is 5.82 Å². The van der Waals surface area contributed by atoms with Crippen molar-refractivity contribution in [3.05, 3.63) is 63.8 Å². The topological polar surface area (TPSA) is 77.3 Å². The quantitative estimate of drug-likeness (QED) is 0.526. The van der Waals surface area contributed by atoms with Gasteiger partial charge in [0.25, 0.3) is 0 Å². The highest BCUT2D eigenvalue weighted by Gasteiger charge is 2.37. The fourth-order valence-corrected chi connectivity index (χ4v) is 5.35. The van der Waals surface area contributed by atoms with Crippen LogP contribution in [0.5, 0.6) is 0 Å². The monoisotopic (exact) mass is 476 g/mol. The van der Waals surface area contributed by atoms with Gasteiger partial charge in [0, 0.05) is 28.9 Å². The highest BCUT2D eigenvalue weighted by Crippen LogP contribution is 2.49. The Morgan fingerprint density at radius 2 is 2.10 bits per heavy atom. The van der Waals surface area contributed by atoms with Gasteiger partial charge in [-0.05, 0) is 29.8 Å². The van der Waals surface area contributed by atoms with Crippen molar-refractivity contribution >= 4 is 52.7 Å². The summed E-state index contributed by atoms with van der Waals surface area (Å²) in [6, 6.07) is 10.8. The Hall–Kier alpha value is -2.55. The number of carbonyl (C=O) groups is 2. The van der Waals surface area contributed by atoms with Gasteiger partial charge < -0.3 is 4.74 Å². The van der Waals surface area contributed by atoms with Gasteiger partial charge >= 0.3 is 5.97 Å². The summed E-state index contributed by atoms with van der Waals surface area (Å²) in [5.41, 5.74) is 2.83. The van der Waals surface area contributed by atoms with Crippen LogP contribution < -0.4 is 4.90 Å². The third kappa shape index (κ3) is 4.15. The molecule has 0 fully saturated rings. The van der Waals surface area contributed by atoms with Gasteiger partial charge in [-0.3, -0.25) is 24.2 Å². The smallest absolute Gasteiger partial charge is 0.325 e. The first-order chi connectivity index (χ1) is 14.9. The highest BCUT2D eigenvalue weighted by molar-refractivity contribution is 8.00. The standard InChI is InChI=1S/C21H18Cl2N4O3S/c1-26-21-18(19(25-26)15-5-3-4-8-24-15)20(13-7-6-12(22)9-14(13)23)31-11-16(28)27(21)10-17(29)30-2/h3-9,20H,10-11H2,1-2H3. The Kier molecular flexibility index (Phi) is 6.22. The first-order valence-electron chi connectivity index (χ1n) is 9.32. The van der Waals surface area contributed by atoms with E-state index in [-0.39, 0.29) is 23.5 Å². The Morgan fingerprint density at radius 1 is 1.29 bits per heavy atom. The van der Waals surface area contributed by atoms with Crippen LogP contribution in [0.25, 0.3) is 11.4 Å². The third-order valence-electron chi connectivity index (χ3n) is 4.91. The van der Waals surface area contributed by atoms with E-state index in [1.807, 2.05) is 24.3 Å². The number of fused-ring (bicyclic) bond motifs is 1. The number of aryl methyl sites for hydroxylation is 1. The number of hydrogen-bond acceptors (Lipinski definition) is 6. The van der Waals surface area contributed by atoms with Crippen LogP contribution in [0.15, 0.2) is 42.6 Å². The minimum atomic E-state index is -0.520. The molecule has 0 aliphatic carbocycles. The van der Waals surface area contributed by atoms with Gasteiger partial charge in [0.1, 0.15) is 18.1 Å². The maximum absolute atomic E-state index is 13.0. The van der Waals surface area contributed by atoms with Crippen LogP contribution in [-0.4, -0.2) is 46.0 Å². The van der Waals surface area contributed by atoms with Crippen LogP contribution in [-0.2, 0) is 21.4 Å². The zero-order valence-corrected chi connectivity index (χ0v) is 19.0. The number of amides is 1. The molecule has 1 aliphatic rings. The minimum Gasteiger partial charge on any atom is -0.468 e. The molecular formula is C21H18Cl2N4O3S. The van der Waals surface area contributed by atoms with E-state index in [2.05, 4.69) is 10.1 Å². The molecule has 10 heteroatoms. The average Bonchev–Trinajstić information content (AvgIpc) is 3.03. The lowest BCUT2D eigenvalue weighted by molar-refractivity contribution is -0.139. The fourth-order valence-electron chi connectivity index (χ4n) is 3.54. The van der Waals surface area contributed by atoms with Gasteiger partial charge in [0.05, 0.1) is 23.8 Å². The van der Waals surface area contributed by atoms with Crippen molar-refractivity contribution in [3.8, 4) is 11.4 Å². The summed E-state index contributed by atoms with van der Waals surface area (Å²) in [4.78, 5) is 31.0. The van der Waals surface area contributed by atoms with Gasteiger partial charge in [0.2, 0.25) is 5.91 Å². The number of thioether (sulfide) groups is 1. The van der Waals surface area contributed by atoms with Crippen molar-refractivity contribution in [2.24, 2.45) is 7.05 Å². The second-order valence-electron chi connectivity index (χ2n) is 6.84. The molecule has 1 aliphatic heterocycles. The lowest BCUT2D eigenvalue weighted by atomic mass is 10.0. The summed E-state index contributed by atoms with van der Waals surface area (Å²) < 4.78 is 6.41. The second-order valence-corrected chi connectivity index (χ2v) is 8.77. The SMILES string of the molecule is COC(=O)CN1C(=O)CSC(c2ccc(Cl)cc2Cl)c2c(-c3ccccn3)nn(C)c21. The first kappa shape index (κ1) is 21.7. The van der Waals surface area contributed by atoms with Crippen molar-refractivity contribution < 1.29 is 14.3 Å². The molecular weight excluding hydrogens is 459 g/mol. The van der Waals surface area contributed by atoms with Crippen molar-refractivity contribution in [1.82, 2.24) is 14.8 Å². The number of ether oxygens (including phenoxy) is 1. The maximum Gasteiger partial charge on any atom is 0.325 e. The zero-order valence-electron chi connectivity index (χ0n) is 16.7. The van der Waals surface area contributed by atoms with Crippen LogP contribution in [0.3, 0.4) is 0 Å². The predicted octanol–water partition coefficient (Wildman–Crippen LogP) is 4.13. The second kappa shape index (κ2) is 8.90. The van der Waals surface area contributed by atoms with Gasteiger partial charge in [0.15, 0.2) is 0 Å². The number of pyridine rings is 1. The van der Waals surface area contributed by atoms with Crippen LogP contribution in [0.2, 0.25) is 10.0 Å². The van der Waals surface area contributed by atoms with E-state index >= 15 is 0 Å². The van der Waals surface area contributed by atoms with E-state index in [4.69, 9.17) is 27.9 Å². The Morgan fingerprint density at radius 3 is 2.77 bits per heavy atom. The number of benzene rings is 1. The molecule has 1 atom stereocenters. The molecule has 2 aromatic heterocycles. The van der Waals surface area contributed by atoms with E-state index in [1.165, 1.54) is 23.8 Å². The lowest BCUT2D eigenvalue weighted by Crippen LogP contribution is -2.38.